The zero-order valence-electron chi connectivity index (χ0n) is 19.6. The van der Waals surface area contributed by atoms with Gasteiger partial charge in [0.05, 0.1) is 13.2 Å². The topological polar surface area (TPSA) is 87.2 Å². The van der Waals surface area contributed by atoms with Crippen molar-refractivity contribution >= 4 is 15.9 Å². The van der Waals surface area contributed by atoms with Crippen LogP contribution in [-0.2, 0) is 14.8 Å². The lowest BCUT2D eigenvalue weighted by atomic mass is 10.0. The minimum atomic E-state index is -3.96. The van der Waals surface area contributed by atoms with Gasteiger partial charge < -0.3 is 14.7 Å². The van der Waals surface area contributed by atoms with Crippen molar-refractivity contribution in [3.63, 3.8) is 0 Å². The number of hydrogen-bond acceptors (Lipinski definition) is 5. The fraction of sp³-hybridized carbons (Fsp3) is 0.480. The first kappa shape index (κ1) is 24.6. The van der Waals surface area contributed by atoms with Crippen molar-refractivity contribution in [2.75, 3.05) is 26.7 Å². The smallest absolute Gasteiger partial charge is 0.247 e. The lowest BCUT2D eigenvalue weighted by Crippen LogP contribution is -2.50. The number of hydrogen-bond donors (Lipinski definition) is 1. The quantitative estimate of drug-likeness (QED) is 0.672. The van der Waals surface area contributed by atoms with Crippen LogP contribution >= 0.6 is 0 Å². The van der Waals surface area contributed by atoms with Gasteiger partial charge in [0.25, 0.3) is 0 Å². The molecule has 34 heavy (non-hydrogen) atoms. The number of carbonyl (C=O) groups excluding carboxylic acids is 1. The Morgan fingerprint density at radius 1 is 1.21 bits per heavy atom. The summed E-state index contributed by atoms with van der Waals surface area (Å²) in [6.45, 7) is 3.70. The Bertz CT molecular complexity index is 1150. The molecule has 0 saturated heterocycles. The van der Waals surface area contributed by atoms with Gasteiger partial charge in [-0.15, -0.1) is 0 Å². The van der Waals surface area contributed by atoms with E-state index in [-0.39, 0.29) is 47.4 Å². The molecule has 1 heterocycles. The average molecular weight is 491 g/mol. The van der Waals surface area contributed by atoms with E-state index < -0.39 is 22.2 Å². The predicted molar refractivity (Wildman–Crippen MR) is 126 cm³/mol. The molecule has 1 aliphatic carbocycles. The maximum absolute atomic E-state index is 13.6. The maximum atomic E-state index is 13.6. The molecule has 1 saturated carbocycles. The molecule has 1 fully saturated rings. The second-order valence-corrected chi connectivity index (χ2v) is 11.3. The van der Waals surface area contributed by atoms with Gasteiger partial charge in [0, 0.05) is 31.5 Å². The van der Waals surface area contributed by atoms with Gasteiger partial charge >= 0.3 is 0 Å². The molecule has 1 N–H and O–H groups in total. The number of aliphatic hydroxyl groups excluding tert-OH is 1. The van der Waals surface area contributed by atoms with E-state index in [9.17, 15) is 22.7 Å². The second kappa shape index (κ2) is 9.64. The van der Waals surface area contributed by atoms with Gasteiger partial charge in [0.1, 0.15) is 22.6 Å². The molecule has 0 aromatic heterocycles. The summed E-state index contributed by atoms with van der Waals surface area (Å²) in [6, 6.07) is 10.1. The van der Waals surface area contributed by atoms with E-state index in [4.69, 9.17) is 4.74 Å². The molecular formula is C25H31FN2O5S. The summed E-state index contributed by atoms with van der Waals surface area (Å²) in [6.07, 6.45) is 1.33. The first-order valence-corrected chi connectivity index (χ1v) is 13.0. The van der Waals surface area contributed by atoms with Crippen molar-refractivity contribution in [2.24, 2.45) is 11.8 Å². The zero-order valence-corrected chi connectivity index (χ0v) is 20.5. The van der Waals surface area contributed by atoms with Crippen LogP contribution in [0.25, 0.3) is 11.1 Å². The van der Waals surface area contributed by atoms with Crippen LogP contribution in [0.3, 0.4) is 0 Å². The summed E-state index contributed by atoms with van der Waals surface area (Å²) in [5.74, 6) is -0.287. The Morgan fingerprint density at radius 2 is 1.85 bits per heavy atom. The SMILES string of the molecule is C[C@@H]1CN([C@H](C)CO)S(=O)(=O)c2ccc(-c3ccc(F)cc3)cc2O[C@H]1CN(C)C(=O)C1CC1. The van der Waals surface area contributed by atoms with Crippen molar-refractivity contribution in [1.29, 1.82) is 0 Å². The summed E-state index contributed by atoms with van der Waals surface area (Å²) in [7, 11) is -2.21. The van der Waals surface area contributed by atoms with E-state index in [0.717, 1.165) is 18.4 Å². The highest BCUT2D eigenvalue weighted by Gasteiger charge is 2.39. The molecule has 0 spiro atoms. The van der Waals surface area contributed by atoms with E-state index in [1.54, 1.807) is 43.1 Å². The number of nitrogens with zero attached hydrogens (tertiary/aromatic N) is 2. The third-order valence-corrected chi connectivity index (χ3v) is 8.62. The summed E-state index contributed by atoms with van der Waals surface area (Å²) < 4.78 is 48.2. The van der Waals surface area contributed by atoms with E-state index in [2.05, 4.69) is 0 Å². The Hall–Kier alpha value is -2.49. The third-order valence-electron chi connectivity index (χ3n) is 6.60. The normalized spacial score (nSPS) is 23.2. The largest absolute Gasteiger partial charge is 0.487 e. The lowest BCUT2D eigenvalue weighted by molar-refractivity contribution is -0.132. The van der Waals surface area contributed by atoms with Gasteiger partial charge in [0.15, 0.2) is 0 Å². The first-order chi connectivity index (χ1) is 16.1. The van der Waals surface area contributed by atoms with Crippen molar-refractivity contribution in [1.82, 2.24) is 9.21 Å². The number of halogens is 1. The Balaban J connectivity index is 1.76. The van der Waals surface area contributed by atoms with E-state index in [1.807, 2.05) is 6.92 Å². The van der Waals surface area contributed by atoms with E-state index in [0.29, 0.717) is 12.1 Å². The highest BCUT2D eigenvalue weighted by Crippen LogP contribution is 2.37. The van der Waals surface area contributed by atoms with Crippen LogP contribution in [0.15, 0.2) is 47.4 Å². The summed E-state index contributed by atoms with van der Waals surface area (Å²) in [5.41, 5.74) is 1.41. The molecule has 7 nitrogen and oxygen atoms in total. The maximum Gasteiger partial charge on any atom is 0.247 e. The molecule has 1 amide bonds. The van der Waals surface area contributed by atoms with Gasteiger partial charge in [-0.05, 0) is 55.2 Å². The molecule has 0 unspecified atom stereocenters. The highest BCUT2D eigenvalue weighted by atomic mass is 32.2. The number of carbonyl (C=O) groups is 1. The minimum absolute atomic E-state index is 0.00624. The van der Waals surface area contributed by atoms with Crippen LogP contribution < -0.4 is 4.74 Å². The fourth-order valence-electron chi connectivity index (χ4n) is 4.27. The number of aliphatic hydroxyl groups is 1. The molecule has 0 bridgehead atoms. The van der Waals surface area contributed by atoms with Crippen LogP contribution in [0.4, 0.5) is 4.39 Å². The van der Waals surface area contributed by atoms with E-state index >= 15 is 0 Å². The number of fused-ring (bicyclic) bond motifs is 1. The van der Waals surface area contributed by atoms with Crippen LogP contribution in [0.1, 0.15) is 26.7 Å². The average Bonchev–Trinajstić information content (AvgIpc) is 3.66. The number of likely N-dealkylation sites (N-methyl/N-ethyl adjacent to an activating group) is 1. The summed E-state index contributed by atoms with van der Waals surface area (Å²) in [5, 5.41) is 9.76. The van der Waals surface area contributed by atoms with Gasteiger partial charge in [0.2, 0.25) is 15.9 Å². The number of rotatable bonds is 6. The fourth-order valence-corrected chi connectivity index (χ4v) is 6.09. The van der Waals surface area contributed by atoms with Gasteiger partial charge in [-0.3, -0.25) is 4.79 Å². The van der Waals surface area contributed by atoms with Crippen LogP contribution in [0.2, 0.25) is 0 Å². The molecule has 2 aromatic rings. The highest BCUT2D eigenvalue weighted by molar-refractivity contribution is 7.89. The van der Waals surface area contributed by atoms with Gasteiger partial charge in [-0.1, -0.05) is 25.1 Å². The zero-order chi connectivity index (χ0) is 24.6. The van der Waals surface area contributed by atoms with Crippen LogP contribution in [0.5, 0.6) is 5.75 Å². The minimum Gasteiger partial charge on any atom is -0.487 e. The Labute approximate surface area is 200 Å². The second-order valence-electron chi connectivity index (χ2n) is 9.40. The molecule has 4 rings (SSSR count). The van der Waals surface area contributed by atoms with Crippen molar-refractivity contribution in [3.8, 4) is 16.9 Å². The molecule has 184 valence electrons. The number of sulfonamides is 1. The Kier molecular flexibility index (Phi) is 6.98. The molecule has 3 atom stereocenters. The van der Waals surface area contributed by atoms with Crippen molar-refractivity contribution in [2.45, 2.75) is 43.7 Å². The van der Waals surface area contributed by atoms with Crippen molar-refractivity contribution < 1.29 is 27.4 Å². The Morgan fingerprint density at radius 3 is 2.47 bits per heavy atom. The van der Waals surface area contributed by atoms with Crippen molar-refractivity contribution in [3.05, 3.63) is 48.3 Å². The molecule has 1 aliphatic heterocycles. The lowest BCUT2D eigenvalue weighted by Gasteiger charge is -2.37. The molecule has 2 aromatic carbocycles. The molecule has 2 aliphatic rings. The number of benzene rings is 2. The van der Waals surface area contributed by atoms with E-state index in [1.165, 1.54) is 22.5 Å². The number of amides is 1. The predicted octanol–water partition coefficient (Wildman–Crippen LogP) is 3.13. The summed E-state index contributed by atoms with van der Waals surface area (Å²) >= 11 is 0. The number of ether oxygens (including phenoxy) is 1. The third kappa shape index (κ3) is 4.96. The first-order valence-electron chi connectivity index (χ1n) is 11.6. The standard InChI is InChI=1S/C25H31FN2O5S/c1-16-13-28(17(2)15-29)34(31,32)24-11-8-20(18-6-9-21(26)10-7-18)12-22(24)33-23(16)14-27(3)25(30)19-4-5-19/h6-12,16-17,19,23,29H,4-5,13-15H2,1-3H3/t16-,17-,23+/m1/s1. The summed E-state index contributed by atoms with van der Waals surface area (Å²) in [4.78, 5) is 14.2. The van der Waals surface area contributed by atoms with Gasteiger partial charge in [-0.25, -0.2) is 12.8 Å². The molecule has 0 radical (unpaired) electrons. The van der Waals surface area contributed by atoms with Crippen LogP contribution in [-0.4, -0.2) is 67.5 Å². The van der Waals surface area contributed by atoms with Crippen LogP contribution in [0, 0.1) is 17.7 Å². The monoisotopic (exact) mass is 490 g/mol. The molecular weight excluding hydrogens is 459 g/mol. The van der Waals surface area contributed by atoms with Gasteiger partial charge in [-0.2, -0.15) is 4.31 Å². The molecule has 9 heteroatoms.